The number of benzene rings is 2. The van der Waals surface area contributed by atoms with E-state index in [1.807, 2.05) is 0 Å². The summed E-state index contributed by atoms with van der Waals surface area (Å²) in [6, 6.07) is 7.11. The zero-order valence-corrected chi connectivity index (χ0v) is 17.6. The molecule has 2 heterocycles. The van der Waals surface area contributed by atoms with Crippen molar-refractivity contribution in [2.45, 2.75) is 6.37 Å². The second-order valence-electron chi connectivity index (χ2n) is 6.43. The van der Waals surface area contributed by atoms with E-state index in [1.54, 1.807) is 18.2 Å². The minimum Gasteiger partial charge on any atom is -0.493 e. The number of ether oxygens (including phenoxy) is 3. The van der Waals surface area contributed by atoms with Crippen molar-refractivity contribution in [1.82, 2.24) is 14.9 Å². The standard InChI is InChI=1S/C22H24Cl2N4O3/c1-29-20-13-19-16(12-21(20)31-8-2-5-28-6-9-30-10-7-28)22(26-14-25-19)27-15-3-4-17(23)18(24)11-15/h3-4,11-14H,2,5-10H2,1H3,(H,25,26,27)/i1D3,2D2,5D2,8D2. The first kappa shape index (κ1) is 13.3. The number of aromatic nitrogens is 2. The number of morpholine rings is 1. The Hall–Kier alpha value is -2.32. The third-order valence-corrected chi connectivity index (χ3v) is 5.17. The van der Waals surface area contributed by atoms with Crippen LogP contribution in [0.15, 0.2) is 36.7 Å². The van der Waals surface area contributed by atoms with Crippen LogP contribution < -0.4 is 14.8 Å². The molecule has 1 fully saturated rings. The SMILES string of the molecule is [2H]C([2H])([2H])Oc1cc2ncnc(Nc3ccc(Cl)c(Cl)c3)c2cc1OC([2H])([2H])C([2H])([2H])C([2H])([2H])N1CCOCC1. The van der Waals surface area contributed by atoms with Crippen molar-refractivity contribution in [2.75, 3.05) is 51.7 Å². The zero-order valence-electron chi connectivity index (χ0n) is 25.1. The van der Waals surface area contributed by atoms with Crippen LogP contribution in [0, 0.1) is 0 Å². The minimum absolute atomic E-state index is 0.0348. The molecule has 0 saturated carbocycles. The van der Waals surface area contributed by atoms with Gasteiger partial charge in [0.05, 0.1) is 49.2 Å². The Balaban J connectivity index is 1.77. The van der Waals surface area contributed by atoms with Crippen molar-refractivity contribution in [3.05, 3.63) is 46.7 Å². The maximum absolute atomic E-state index is 8.46. The van der Waals surface area contributed by atoms with Crippen LogP contribution in [0.4, 0.5) is 11.5 Å². The molecular weight excluding hydrogens is 439 g/mol. The molecule has 1 saturated heterocycles. The van der Waals surface area contributed by atoms with Gasteiger partial charge in [0, 0.05) is 42.2 Å². The van der Waals surface area contributed by atoms with Gasteiger partial charge in [-0.2, -0.15) is 0 Å². The summed E-state index contributed by atoms with van der Waals surface area (Å²) in [6.07, 6.45) is -2.05. The zero-order chi connectivity index (χ0) is 29.5. The van der Waals surface area contributed by atoms with Gasteiger partial charge in [0.1, 0.15) is 12.1 Å². The number of nitrogens with one attached hydrogen (secondary N) is 1. The molecular formula is C22H24Cl2N4O3. The van der Waals surface area contributed by atoms with E-state index in [2.05, 4.69) is 15.3 Å². The smallest absolute Gasteiger partial charge is 0.162 e. The van der Waals surface area contributed by atoms with E-state index in [0.717, 1.165) is 4.90 Å². The van der Waals surface area contributed by atoms with Crippen molar-refractivity contribution in [1.29, 1.82) is 0 Å². The highest BCUT2D eigenvalue weighted by atomic mass is 35.5. The van der Waals surface area contributed by atoms with Gasteiger partial charge >= 0.3 is 0 Å². The van der Waals surface area contributed by atoms with Crippen molar-refractivity contribution >= 4 is 45.6 Å². The van der Waals surface area contributed by atoms with Crippen molar-refractivity contribution < 1.29 is 26.5 Å². The fourth-order valence-corrected chi connectivity index (χ4v) is 3.19. The highest BCUT2D eigenvalue weighted by Crippen LogP contribution is 2.35. The van der Waals surface area contributed by atoms with Crippen LogP contribution in [0.3, 0.4) is 0 Å². The molecule has 31 heavy (non-hydrogen) atoms. The highest BCUT2D eigenvalue weighted by Gasteiger charge is 2.13. The van der Waals surface area contributed by atoms with Gasteiger partial charge in [-0.1, -0.05) is 23.2 Å². The first-order chi connectivity index (χ1) is 18.5. The number of hydrogen-bond acceptors (Lipinski definition) is 7. The number of nitrogens with zero attached hydrogens (tertiary/aromatic N) is 3. The number of fused-ring (bicyclic) bond motifs is 1. The van der Waals surface area contributed by atoms with Gasteiger partial charge in [-0.15, -0.1) is 0 Å². The second-order valence-corrected chi connectivity index (χ2v) is 7.25. The maximum Gasteiger partial charge on any atom is 0.162 e. The number of anilines is 2. The average molecular weight is 472 g/mol. The summed E-state index contributed by atoms with van der Waals surface area (Å²) in [5.41, 5.74) is 0.682. The molecule has 1 aliphatic heterocycles. The Bertz CT molecular complexity index is 1390. The van der Waals surface area contributed by atoms with Gasteiger partial charge in [-0.25, -0.2) is 9.97 Å². The fourth-order valence-electron chi connectivity index (χ4n) is 2.89. The van der Waals surface area contributed by atoms with Crippen LogP contribution in [0.2, 0.25) is 10.0 Å². The van der Waals surface area contributed by atoms with Crippen LogP contribution in [-0.2, 0) is 4.74 Å². The lowest BCUT2D eigenvalue weighted by Gasteiger charge is -2.26. The molecule has 0 radical (unpaired) electrons. The van der Waals surface area contributed by atoms with E-state index in [4.69, 9.17) is 49.7 Å². The van der Waals surface area contributed by atoms with E-state index in [0.29, 0.717) is 10.7 Å². The molecule has 3 aromatic rings. The van der Waals surface area contributed by atoms with Crippen molar-refractivity contribution in [3.8, 4) is 11.5 Å². The number of halogens is 2. The Morgan fingerprint density at radius 2 is 2.03 bits per heavy atom. The van der Waals surface area contributed by atoms with Gasteiger partial charge in [0.15, 0.2) is 11.5 Å². The fraction of sp³-hybridized carbons (Fsp3) is 0.364. The third-order valence-electron chi connectivity index (χ3n) is 4.43. The molecule has 7 nitrogen and oxygen atoms in total. The summed E-state index contributed by atoms with van der Waals surface area (Å²) >= 11 is 12.1. The minimum atomic E-state index is -3.32. The van der Waals surface area contributed by atoms with Crippen LogP contribution in [-0.4, -0.2) is 61.3 Å². The molecule has 0 bridgehead atoms. The lowest BCUT2D eigenvalue weighted by Crippen LogP contribution is -2.37. The summed E-state index contributed by atoms with van der Waals surface area (Å²) in [6.45, 7) is -5.78. The third kappa shape index (κ3) is 5.49. The second kappa shape index (κ2) is 10.3. The molecule has 1 N–H and O–H groups in total. The molecule has 2 aromatic carbocycles. The average Bonchev–Trinajstić information content (AvgIpc) is 2.86. The largest absolute Gasteiger partial charge is 0.493 e. The summed E-state index contributed by atoms with van der Waals surface area (Å²) in [7, 11) is -2.98. The predicted molar refractivity (Wildman–Crippen MR) is 123 cm³/mol. The lowest BCUT2D eigenvalue weighted by molar-refractivity contribution is 0.0357. The molecule has 0 unspecified atom stereocenters. The molecule has 4 rings (SSSR count). The van der Waals surface area contributed by atoms with Crippen molar-refractivity contribution in [2.24, 2.45) is 0 Å². The van der Waals surface area contributed by atoms with Crippen LogP contribution in [0.25, 0.3) is 10.9 Å². The maximum atomic E-state index is 8.46. The van der Waals surface area contributed by atoms with E-state index >= 15 is 0 Å². The van der Waals surface area contributed by atoms with Gasteiger partial charge in [0.2, 0.25) is 0 Å². The molecule has 0 atom stereocenters. The summed E-state index contributed by atoms with van der Waals surface area (Å²) in [5, 5.41) is 3.85. The first-order valence-corrected chi connectivity index (χ1v) is 9.99. The van der Waals surface area contributed by atoms with Crippen LogP contribution >= 0.6 is 23.2 Å². The predicted octanol–water partition coefficient (Wildman–Crippen LogP) is 4.79. The molecule has 0 amide bonds. The molecule has 1 aliphatic rings. The van der Waals surface area contributed by atoms with Gasteiger partial charge in [0.25, 0.3) is 0 Å². The molecule has 164 valence electrons. The first-order valence-electron chi connectivity index (χ1n) is 13.7. The van der Waals surface area contributed by atoms with E-state index < -0.39 is 38.0 Å². The summed E-state index contributed by atoms with van der Waals surface area (Å²) in [5.74, 6) is -0.776. The molecule has 0 spiro atoms. The van der Waals surface area contributed by atoms with Crippen LogP contribution in [0.5, 0.6) is 11.5 Å². The van der Waals surface area contributed by atoms with E-state index in [1.165, 1.54) is 18.5 Å². The Morgan fingerprint density at radius 3 is 2.84 bits per heavy atom. The number of methoxy groups -OCH3 is 1. The molecule has 9 heteroatoms. The lowest BCUT2D eigenvalue weighted by atomic mass is 10.2. The monoisotopic (exact) mass is 471 g/mol. The molecule has 0 aliphatic carbocycles. The molecule has 1 aromatic heterocycles. The van der Waals surface area contributed by atoms with Gasteiger partial charge in [-0.05, 0) is 30.6 Å². The van der Waals surface area contributed by atoms with Crippen LogP contribution in [0.1, 0.15) is 18.7 Å². The van der Waals surface area contributed by atoms with Gasteiger partial charge in [-0.3, -0.25) is 4.90 Å². The quantitative estimate of drug-likeness (QED) is 0.506. The Labute approximate surface area is 203 Å². The summed E-state index contributed by atoms with van der Waals surface area (Å²) in [4.78, 5) is 9.45. The van der Waals surface area contributed by atoms with E-state index in [9.17, 15) is 0 Å². The van der Waals surface area contributed by atoms with Gasteiger partial charge < -0.3 is 19.5 Å². The normalized spacial score (nSPS) is 20.6. The Kier molecular flexibility index (Phi) is 4.42. The number of rotatable bonds is 8. The summed E-state index contributed by atoms with van der Waals surface area (Å²) < 4.78 is 89.0. The topological polar surface area (TPSA) is 68.7 Å². The number of hydrogen-bond donors (Lipinski definition) is 1. The van der Waals surface area contributed by atoms with Crippen molar-refractivity contribution in [3.63, 3.8) is 0 Å². The highest BCUT2D eigenvalue weighted by molar-refractivity contribution is 6.42. The Morgan fingerprint density at radius 1 is 1.16 bits per heavy atom. The van der Waals surface area contributed by atoms with E-state index in [-0.39, 0.29) is 48.0 Å².